The molecule has 144 valence electrons. The van der Waals surface area contributed by atoms with Gasteiger partial charge in [-0.15, -0.1) is 0 Å². The minimum Gasteiger partial charge on any atom is -0.493 e. The van der Waals surface area contributed by atoms with E-state index in [9.17, 15) is 9.59 Å². The maximum Gasteiger partial charge on any atom is 0.251 e. The fourth-order valence-corrected chi connectivity index (χ4v) is 2.61. The fraction of sp³-hybridized carbons (Fsp3) is 0.300. The van der Waals surface area contributed by atoms with Gasteiger partial charge in [-0.3, -0.25) is 9.59 Å². The molecule has 2 aromatic carbocycles. The van der Waals surface area contributed by atoms with E-state index in [1.54, 1.807) is 50.6 Å². The highest BCUT2D eigenvalue weighted by Crippen LogP contribution is 2.32. The van der Waals surface area contributed by atoms with E-state index in [2.05, 4.69) is 10.6 Å². The van der Waals surface area contributed by atoms with E-state index in [4.69, 9.17) is 21.1 Å². The zero-order valence-electron chi connectivity index (χ0n) is 15.6. The van der Waals surface area contributed by atoms with Crippen LogP contribution in [0, 0.1) is 6.92 Å². The standard InChI is InChI=1S/C20H23ClN2O4/c1-13-11-17(26-2)18(27-3)12-16(13)23-19(24)5-4-10-22-20(25)14-6-8-15(21)9-7-14/h6-9,11-12H,4-5,10H2,1-3H3,(H,22,25)(H,23,24). The molecule has 0 bridgehead atoms. The minimum absolute atomic E-state index is 0.133. The van der Waals surface area contributed by atoms with Crippen LogP contribution in [0.1, 0.15) is 28.8 Å². The number of carbonyl (C=O) groups is 2. The first-order valence-corrected chi connectivity index (χ1v) is 8.88. The van der Waals surface area contributed by atoms with Crippen LogP contribution in [0.15, 0.2) is 36.4 Å². The molecule has 0 fully saturated rings. The second-order valence-corrected chi connectivity index (χ2v) is 6.37. The van der Waals surface area contributed by atoms with Crippen molar-refractivity contribution >= 4 is 29.1 Å². The molecule has 6 nitrogen and oxygen atoms in total. The van der Waals surface area contributed by atoms with Crippen molar-refractivity contribution in [3.05, 3.63) is 52.5 Å². The van der Waals surface area contributed by atoms with E-state index >= 15 is 0 Å². The van der Waals surface area contributed by atoms with Crippen molar-refractivity contribution < 1.29 is 19.1 Å². The first kappa shape index (κ1) is 20.6. The summed E-state index contributed by atoms with van der Waals surface area (Å²) in [6.45, 7) is 2.28. The van der Waals surface area contributed by atoms with Crippen LogP contribution in [-0.2, 0) is 4.79 Å². The third-order valence-corrected chi connectivity index (χ3v) is 4.23. The summed E-state index contributed by atoms with van der Waals surface area (Å²) in [5.41, 5.74) is 2.07. The SMILES string of the molecule is COc1cc(C)c(NC(=O)CCCNC(=O)c2ccc(Cl)cc2)cc1OC. The fourth-order valence-electron chi connectivity index (χ4n) is 2.48. The van der Waals surface area contributed by atoms with Gasteiger partial charge < -0.3 is 20.1 Å². The number of halogens is 1. The molecule has 0 saturated heterocycles. The molecule has 0 radical (unpaired) electrons. The van der Waals surface area contributed by atoms with Crippen LogP contribution < -0.4 is 20.1 Å². The van der Waals surface area contributed by atoms with Gasteiger partial charge in [0.05, 0.1) is 14.2 Å². The number of nitrogens with one attached hydrogen (secondary N) is 2. The minimum atomic E-state index is -0.192. The summed E-state index contributed by atoms with van der Waals surface area (Å²) >= 11 is 5.80. The third-order valence-electron chi connectivity index (χ3n) is 3.98. The number of aryl methyl sites for hydroxylation is 1. The summed E-state index contributed by atoms with van der Waals surface area (Å²) in [5, 5.41) is 6.22. The van der Waals surface area contributed by atoms with Crippen LogP contribution in [0.4, 0.5) is 5.69 Å². The van der Waals surface area contributed by atoms with Crippen molar-refractivity contribution in [2.24, 2.45) is 0 Å². The summed E-state index contributed by atoms with van der Waals surface area (Å²) in [6, 6.07) is 10.2. The van der Waals surface area contributed by atoms with Crippen LogP contribution in [0.25, 0.3) is 0 Å². The Morgan fingerprint density at radius 2 is 1.67 bits per heavy atom. The molecule has 2 N–H and O–H groups in total. The lowest BCUT2D eigenvalue weighted by atomic mass is 10.1. The molecule has 2 aromatic rings. The van der Waals surface area contributed by atoms with E-state index in [0.717, 1.165) is 5.56 Å². The monoisotopic (exact) mass is 390 g/mol. The van der Waals surface area contributed by atoms with E-state index < -0.39 is 0 Å². The Balaban J connectivity index is 1.81. The zero-order chi connectivity index (χ0) is 19.8. The molecule has 0 aliphatic carbocycles. The summed E-state index contributed by atoms with van der Waals surface area (Å²) in [4.78, 5) is 24.1. The Morgan fingerprint density at radius 1 is 1.04 bits per heavy atom. The number of rotatable bonds is 8. The quantitative estimate of drug-likeness (QED) is 0.672. The first-order valence-electron chi connectivity index (χ1n) is 8.51. The van der Waals surface area contributed by atoms with Crippen LogP contribution in [-0.4, -0.2) is 32.6 Å². The lowest BCUT2D eigenvalue weighted by Crippen LogP contribution is -2.25. The van der Waals surface area contributed by atoms with Gasteiger partial charge in [0.2, 0.25) is 5.91 Å². The van der Waals surface area contributed by atoms with E-state index in [1.165, 1.54) is 0 Å². The van der Waals surface area contributed by atoms with Crippen molar-refractivity contribution in [3.63, 3.8) is 0 Å². The van der Waals surface area contributed by atoms with Crippen LogP contribution >= 0.6 is 11.6 Å². The third kappa shape index (κ3) is 5.89. The molecule has 0 aromatic heterocycles. The highest BCUT2D eigenvalue weighted by molar-refractivity contribution is 6.30. The average molecular weight is 391 g/mol. The number of hydrogen-bond acceptors (Lipinski definition) is 4. The Hall–Kier alpha value is -2.73. The lowest BCUT2D eigenvalue weighted by molar-refractivity contribution is -0.116. The Morgan fingerprint density at radius 3 is 2.30 bits per heavy atom. The van der Waals surface area contributed by atoms with Crippen molar-refractivity contribution in [2.75, 3.05) is 26.1 Å². The molecule has 2 amide bonds. The number of benzene rings is 2. The van der Waals surface area contributed by atoms with Gasteiger partial charge in [0.25, 0.3) is 5.91 Å². The molecule has 0 unspecified atom stereocenters. The van der Waals surface area contributed by atoms with Crippen molar-refractivity contribution in [1.29, 1.82) is 0 Å². The maximum absolute atomic E-state index is 12.2. The largest absolute Gasteiger partial charge is 0.493 e. The van der Waals surface area contributed by atoms with Gasteiger partial charge in [0.1, 0.15) is 0 Å². The predicted octanol–water partition coefficient (Wildman–Crippen LogP) is 3.81. The van der Waals surface area contributed by atoms with E-state index in [1.807, 2.05) is 6.92 Å². The summed E-state index contributed by atoms with van der Waals surface area (Å²) in [5.74, 6) is 0.834. The first-order chi connectivity index (χ1) is 12.9. The van der Waals surface area contributed by atoms with Gasteiger partial charge in [-0.1, -0.05) is 11.6 Å². The highest BCUT2D eigenvalue weighted by Gasteiger charge is 2.11. The van der Waals surface area contributed by atoms with Gasteiger partial charge >= 0.3 is 0 Å². The number of methoxy groups -OCH3 is 2. The average Bonchev–Trinajstić information content (AvgIpc) is 2.66. The molecule has 7 heteroatoms. The number of carbonyl (C=O) groups excluding carboxylic acids is 2. The Kier molecular flexibility index (Phi) is 7.49. The second kappa shape index (κ2) is 9.83. The second-order valence-electron chi connectivity index (χ2n) is 5.94. The van der Waals surface area contributed by atoms with Crippen LogP contribution in [0.2, 0.25) is 5.02 Å². The number of amides is 2. The lowest BCUT2D eigenvalue weighted by Gasteiger charge is -2.13. The summed E-state index contributed by atoms with van der Waals surface area (Å²) < 4.78 is 10.5. The molecule has 2 rings (SSSR count). The van der Waals surface area contributed by atoms with E-state index in [-0.39, 0.29) is 18.2 Å². The molecular weight excluding hydrogens is 368 g/mol. The van der Waals surface area contributed by atoms with Crippen molar-refractivity contribution in [1.82, 2.24) is 5.32 Å². The summed E-state index contributed by atoms with van der Waals surface area (Å²) in [7, 11) is 3.11. The van der Waals surface area contributed by atoms with Gasteiger partial charge in [-0.2, -0.15) is 0 Å². The van der Waals surface area contributed by atoms with E-state index in [0.29, 0.717) is 40.7 Å². The highest BCUT2D eigenvalue weighted by atomic mass is 35.5. The Labute approximate surface area is 163 Å². The summed E-state index contributed by atoms with van der Waals surface area (Å²) in [6.07, 6.45) is 0.812. The van der Waals surface area contributed by atoms with Crippen LogP contribution in [0.5, 0.6) is 11.5 Å². The maximum atomic E-state index is 12.2. The molecule has 0 atom stereocenters. The molecule has 0 aliphatic heterocycles. The Bertz CT molecular complexity index is 806. The number of anilines is 1. The molecular formula is C20H23ClN2O4. The zero-order valence-corrected chi connectivity index (χ0v) is 16.4. The van der Waals surface area contributed by atoms with Gasteiger partial charge in [-0.25, -0.2) is 0 Å². The van der Waals surface area contributed by atoms with Crippen molar-refractivity contribution in [3.8, 4) is 11.5 Å². The van der Waals surface area contributed by atoms with Crippen molar-refractivity contribution in [2.45, 2.75) is 19.8 Å². The van der Waals surface area contributed by atoms with Gasteiger partial charge in [-0.05, 0) is 49.2 Å². The predicted molar refractivity (Wildman–Crippen MR) is 106 cm³/mol. The normalized spacial score (nSPS) is 10.2. The smallest absolute Gasteiger partial charge is 0.251 e. The molecule has 0 saturated carbocycles. The molecule has 0 heterocycles. The molecule has 0 aliphatic rings. The van der Waals surface area contributed by atoms with Crippen LogP contribution in [0.3, 0.4) is 0 Å². The van der Waals surface area contributed by atoms with Gasteiger partial charge in [0, 0.05) is 35.3 Å². The van der Waals surface area contributed by atoms with Gasteiger partial charge in [0.15, 0.2) is 11.5 Å². The number of hydrogen-bond donors (Lipinski definition) is 2. The number of ether oxygens (including phenoxy) is 2. The topological polar surface area (TPSA) is 76.7 Å². The molecule has 0 spiro atoms. The molecule has 27 heavy (non-hydrogen) atoms.